The van der Waals surface area contributed by atoms with Gasteiger partial charge in [-0.2, -0.15) is 0 Å². The van der Waals surface area contributed by atoms with Gasteiger partial charge in [-0.1, -0.05) is 24.3 Å². The van der Waals surface area contributed by atoms with Crippen LogP contribution in [0.25, 0.3) is 11.0 Å². The second kappa shape index (κ2) is 5.57. The van der Waals surface area contributed by atoms with Crippen molar-refractivity contribution in [3.8, 4) is 0 Å². The number of hydrogen-bond donors (Lipinski definition) is 1. The first kappa shape index (κ1) is 12.4. The van der Waals surface area contributed by atoms with E-state index in [0.717, 1.165) is 22.2 Å². The third-order valence-electron chi connectivity index (χ3n) is 3.10. The quantitative estimate of drug-likeness (QED) is 0.790. The molecule has 100 valence electrons. The van der Waals surface area contributed by atoms with Crippen LogP contribution in [-0.4, -0.2) is 10.9 Å². The summed E-state index contributed by atoms with van der Waals surface area (Å²) in [4.78, 5) is 16.1. The summed E-state index contributed by atoms with van der Waals surface area (Å²) in [5, 5.41) is 3.85. The van der Waals surface area contributed by atoms with Crippen LogP contribution in [0.2, 0.25) is 0 Å². The van der Waals surface area contributed by atoms with Crippen molar-refractivity contribution in [2.24, 2.45) is 0 Å². The topological polar surface area (TPSA) is 55.1 Å². The van der Waals surface area contributed by atoms with Gasteiger partial charge in [0.15, 0.2) is 0 Å². The number of nitrogens with one attached hydrogen (secondary N) is 1. The summed E-state index contributed by atoms with van der Waals surface area (Å²) in [5.74, 6) is -0.0396. The molecular formula is C16H14N2O2. The minimum Gasteiger partial charge on any atom is -0.464 e. The molecule has 0 saturated carbocycles. The van der Waals surface area contributed by atoms with Gasteiger partial charge >= 0.3 is 0 Å². The van der Waals surface area contributed by atoms with Crippen molar-refractivity contribution in [1.82, 2.24) is 10.3 Å². The number of hydrogen-bond acceptors (Lipinski definition) is 3. The van der Waals surface area contributed by atoms with Crippen molar-refractivity contribution in [1.29, 1.82) is 0 Å². The Morgan fingerprint density at radius 3 is 2.85 bits per heavy atom. The van der Waals surface area contributed by atoms with Crippen molar-refractivity contribution >= 4 is 16.9 Å². The summed E-state index contributed by atoms with van der Waals surface area (Å²) in [6.07, 6.45) is 3.67. The third kappa shape index (κ3) is 2.69. The highest BCUT2D eigenvalue weighted by Gasteiger charge is 2.09. The molecule has 3 rings (SSSR count). The molecule has 1 aromatic carbocycles. The summed E-state index contributed by atoms with van der Waals surface area (Å²) in [6, 6.07) is 13.3. The highest BCUT2D eigenvalue weighted by atomic mass is 16.3. The van der Waals surface area contributed by atoms with Crippen LogP contribution < -0.4 is 5.32 Å². The average Bonchev–Trinajstić information content (AvgIpc) is 2.90. The molecule has 1 N–H and O–H groups in total. The summed E-state index contributed by atoms with van der Waals surface area (Å²) >= 11 is 0. The Balaban J connectivity index is 1.64. The number of aromatic nitrogens is 1. The number of benzene rings is 1. The van der Waals surface area contributed by atoms with Gasteiger partial charge in [0, 0.05) is 17.1 Å². The van der Waals surface area contributed by atoms with Gasteiger partial charge in [-0.3, -0.25) is 9.78 Å². The number of nitrogens with zero attached hydrogens (tertiary/aromatic N) is 1. The van der Waals surface area contributed by atoms with Crippen LogP contribution in [0.3, 0.4) is 0 Å². The van der Waals surface area contributed by atoms with Crippen LogP contribution in [-0.2, 0) is 17.8 Å². The Bertz CT molecular complexity index is 719. The molecule has 1 amide bonds. The summed E-state index contributed by atoms with van der Waals surface area (Å²) in [6.45, 7) is 0.440. The van der Waals surface area contributed by atoms with Gasteiger partial charge in [-0.05, 0) is 18.2 Å². The fraction of sp³-hybridized carbons (Fsp3) is 0.125. The molecule has 0 spiro atoms. The molecule has 4 nitrogen and oxygen atoms in total. The lowest BCUT2D eigenvalue weighted by Gasteiger charge is -2.03. The van der Waals surface area contributed by atoms with E-state index in [9.17, 15) is 4.79 Å². The standard InChI is InChI=1S/C16H14N2O2/c19-16(18-10-13-5-3-4-8-17-13)9-12-11-20-15-7-2-1-6-14(12)15/h1-8,11H,9-10H2,(H,18,19). The molecular weight excluding hydrogens is 252 g/mol. The molecule has 0 atom stereocenters. The van der Waals surface area contributed by atoms with Crippen LogP contribution >= 0.6 is 0 Å². The van der Waals surface area contributed by atoms with E-state index in [4.69, 9.17) is 4.42 Å². The van der Waals surface area contributed by atoms with Crippen molar-refractivity contribution in [2.45, 2.75) is 13.0 Å². The Morgan fingerprint density at radius 1 is 1.15 bits per heavy atom. The first-order valence-corrected chi connectivity index (χ1v) is 6.44. The molecule has 2 aromatic heterocycles. The van der Waals surface area contributed by atoms with E-state index in [1.807, 2.05) is 42.5 Å². The Kier molecular flexibility index (Phi) is 3.46. The molecule has 20 heavy (non-hydrogen) atoms. The van der Waals surface area contributed by atoms with E-state index < -0.39 is 0 Å². The Labute approximate surface area is 116 Å². The molecule has 2 heterocycles. The molecule has 3 aromatic rings. The van der Waals surface area contributed by atoms with Gasteiger partial charge in [0.1, 0.15) is 5.58 Å². The molecule has 0 radical (unpaired) electrons. The monoisotopic (exact) mass is 266 g/mol. The zero-order chi connectivity index (χ0) is 13.8. The number of para-hydroxylation sites is 1. The minimum atomic E-state index is -0.0396. The number of fused-ring (bicyclic) bond motifs is 1. The van der Waals surface area contributed by atoms with E-state index in [2.05, 4.69) is 10.3 Å². The SMILES string of the molecule is O=C(Cc1coc2ccccc12)NCc1ccccn1. The number of rotatable bonds is 4. The zero-order valence-electron chi connectivity index (χ0n) is 10.9. The normalized spacial score (nSPS) is 10.6. The number of amides is 1. The van der Waals surface area contributed by atoms with Gasteiger partial charge in [-0.15, -0.1) is 0 Å². The Hall–Kier alpha value is -2.62. The molecule has 4 heteroatoms. The lowest BCUT2D eigenvalue weighted by molar-refractivity contribution is -0.120. The van der Waals surface area contributed by atoms with Crippen molar-refractivity contribution in [2.75, 3.05) is 0 Å². The van der Waals surface area contributed by atoms with E-state index in [1.54, 1.807) is 12.5 Å². The van der Waals surface area contributed by atoms with E-state index in [0.29, 0.717) is 13.0 Å². The van der Waals surface area contributed by atoms with Gasteiger partial charge in [0.05, 0.1) is 24.9 Å². The predicted octanol–water partition coefficient (Wildman–Crippen LogP) is 2.69. The molecule has 0 aliphatic rings. The first-order valence-electron chi connectivity index (χ1n) is 6.44. The maximum atomic E-state index is 11.9. The van der Waals surface area contributed by atoms with Crippen molar-refractivity contribution < 1.29 is 9.21 Å². The number of carbonyl (C=O) groups excluding carboxylic acids is 1. The number of pyridine rings is 1. The molecule has 0 saturated heterocycles. The van der Waals surface area contributed by atoms with Crippen LogP contribution in [0, 0.1) is 0 Å². The molecule has 0 aliphatic carbocycles. The van der Waals surface area contributed by atoms with Gasteiger partial charge in [0.25, 0.3) is 0 Å². The third-order valence-corrected chi connectivity index (χ3v) is 3.10. The fourth-order valence-corrected chi connectivity index (χ4v) is 2.10. The first-order chi connectivity index (χ1) is 9.83. The second-order valence-electron chi connectivity index (χ2n) is 4.53. The maximum Gasteiger partial charge on any atom is 0.224 e. The molecule has 0 fully saturated rings. The molecule has 0 aliphatic heterocycles. The van der Waals surface area contributed by atoms with E-state index in [1.165, 1.54) is 0 Å². The van der Waals surface area contributed by atoms with Crippen LogP contribution in [0.5, 0.6) is 0 Å². The van der Waals surface area contributed by atoms with E-state index in [-0.39, 0.29) is 5.91 Å². The highest BCUT2D eigenvalue weighted by molar-refractivity contribution is 5.87. The number of carbonyl (C=O) groups is 1. The number of furan rings is 1. The minimum absolute atomic E-state index is 0.0396. The summed E-state index contributed by atoms with van der Waals surface area (Å²) < 4.78 is 5.42. The van der Waals surface area contributed by atoms with Crippen LogP contribution in [0.15, 0.2) is 59.3 Å². The molecule has 0 unspecified atom stereocenters. The van der Waals surface area contributed by atoms with Crippen LogP contribution in [0.4, 0.5) is 0 Å². The lowest BCUT2D eigenvalue weighted by Crippen LogP contribution is -2.24. The highest BCUT2D eigenvalue weighted by Crippen LogP contribution is 2.20. The fourth-order valence-electron chi connectivity index (χ4n) is 2.10. The second-order valence-corrected chi connectivity index (χ2v) is 4.53. The summed E-state index contributed by atoms with van der Waals surface area (Å²) in [7, 11) is 0. The van der Waals surface area contributed by atoms with Gasteiger partial charge < -0.3 is 9.73 Å². The smallest absolute Gasteiger partial charge is 0.224 e. The maximum absolute atomic E-state index is 11.9. The largest absolute Gasteiger partial charge is 0.464 e. The predicted molar refractivity (Wildman–Crippen MR) is 76.0 cm³/mol. The van der Waals surface area contributed by atoms with Gasteiger partial charge in [0.2, 0.25) is 5.91 Å². The van der Waals surface area contributed by atoms with Crippen molar-refractivity contribution in [3.05, 3.63) is 66.2 Å². The van der Waals surface area contributed by atoms with Crippen molar-refractivity contribution in [3.63, 3.8) is 0 Å². The lowest BCUT2D eigenvalue weighted by atomic mass is 10.1. The molecule has 0 bridgehead atoms. The zero-order valence-corrected chi connectivity index (χ0v) is 10.9. The Morgan fingerprint density at radius 2 is 2.00 bits per heavy atom. The van der Waals surface area contributed by atoms with Gasteiger partial charge in [-0.25, -0.2) is 0 Å². The summed E-state index contributed by atoms with van der Waals surface area (Å²) in [5.41, 5.74) is 2.55. The average molecular weight is 266 g/mol. The van der Waals surface area contributed by atoms with E-state index >= 15 is 0 Å². The van der Waals surface area contributed by atoms with Crippen LogP contribution in [0.1, 0.15) is 11.3 Å².